The van der Waals surface area contributed by atoms with Gasteiger partial charge in [-0.25, -0.2) is 9.37 Å². The Labute approximate surface area is 105 Å². The van der Waals surface area contributed by atoms with Gasteiger partial charge in [0, 0.05) is 21.5 Å². The molecule has 0 spiro atoms. The zero-order chi connectivity index (χ0) is 11.7. The van der Waals surface area contributed by atoms with Gasteiger partial charge in [0.15, 0.2) is 0 Å². The molecule has 0 radical (unpaired) electrons. The Morgan fingerprint density at radius 1 is 1.50 bits per heavy atom. The quantitative estimate of drug-likeness (QED) is 0.922. The third kappa shape index (κ3) is 2.16. The first-order valence-electron chi connectivity index (χ1n) is 4.73. The van der Waals surface area contributed by atoms with Crippen LogP contribution in [0.2, 0.25) is 0 Å². The minimum Gasteiger partial charge on any atom is -0.326 e. The second-order valence-corrected chi connectivity index (χ2v) is 5.36. The molecule has 2 rings (SSSR count). The molecule has 1 aromatic carbocycles. The maximum atomic E-state index is 13.7. The van der Waals surface area contributed by atoms with Gasteiger partial charge < -0.3 is 5.73 Å². The maximum absolute atomic E-state index is 13.7. The third-order valence-corrected chi connectivity index (χ3v) is 3.95. The lowest BCUT2D eigenvalue weighted by Crippen LogP contribution is -1.94. The van der Waals surface area contributed by atoms with Crippen LogP contribution in [-0.2, 0) is 6.54 Å². The summed E-state index contributed by atoms with van der Waals surface area (Å²) in [5.74, 6) is -0.272. The minimum atomic E-state index is -0.272. The molecule has 0 atom stereocenters. The summed E-state index contributed by atoms with van der Waals surface area (Å²) in [6.45, 7) is 2.33. The van der Waals surface area contributed by atoms with Crippen molar-refractivity contribution in [2.75, 3.05) is 0 Å². The lowest BCUT2D eigenvalue weighted by atomic mass is 10.2. The molecule has 16 heavy (non-hydrogen) atoms. The molecule has 1 aromatic heterocycles. The zero-order valence-electron chi connectivity index (χ0n) is 8.63. The van der Waals surface area contributed by atoms with E-state index in [0.717, 1.165) is 15.0 Å². The monoisotopic (exact) mass is 300 g/mol. The lowest BCUT2D eigenvalue weighted by molar-refractivity contribution is 0.630. The van der Waals surface area contributed by atoms with Gasteiger partial charge in [0.1, 0.15) is 10.8 Å². The Kier molecular flexibility index (Phi) is 3.37. The Hall–Kier alpha value is -0.780. The van der Waals surface area contributed by atoms with Gasteiger partial charge in [-0.05, 0) is 25.1 Å². The van der Waals surface area contributed by atoms with Crippen LogP contribution in [-0.4, -0.2) is 4.98 Å². The summed E-state index contributed by atoms with van der Waals surface area (Å²) in [5, 5.41) is 0.683. The Morgan fingerprint density at radius 3 is 2.81 bits per heavy atom. The first-order valence-corrected chi connectivity index (χ1v) is 6.34. The van der Waals surface area contributed by atoms with Crippen LogP contribution < -0.4 is 5.73 Å². The molecule has 0 bridgehead atoms. The van der Waals surface area contributed by atoms with Crippen molar-refractivity contribution in [2.45, 2.75) is 13.5 Å². The van der Waals surface area contributed by atoms with Gasteiger partial charge in [-0.15, -0.1) is 11.3 Å². The Morgan fingerprint density at radius 2 is 2.25 bits per heavy atom. The zero-order valence-corrected chi connectivity index (χ0v) is 11.0. The van der Waals surface area contributed by atoms with Crippen LogP contribution in [0.3, 0.4) is 0 Å². The smallest absolute Gasteiger partial charge is 0.134 e. The van der Waals surface area contributed by atoms with E-state index in [9.17, 15) is 4.39 Å². The highest BCUT2D eigenvalue weighted by molar-refractivity contribution is 9.10. The molecule has 0 aliphatic carbocycles. The number of hydrogen-bond acceptors (Lipinski definition) is 3. The van der Waals surface area contributed by atoms with Gasteiger partial charge in [0.2, 0.25) is 0 Å². The van der Waals surface area contributed by atoms with Crippen molar-refractivity contribution in [1.82, 2.24) is 4.98 Å². The van der Waals surface area contributed by atoms with E-state index < -0.39 is 0 Å². The van der Waals surface area contributed by atoms with Gasteiger partial charge in [0.25, 0.3) is 0 Å². The lowest BCUT2D eigenvalue weighted by Gasteiger charge is -1.98. The van der Waals surface area contributed by atoms with Crippen LogP contribution in [0, 0.1) is 12.7 Å². The van der Waals surface area contributed by atoms with Crippen LogP contribution in [0.25, 0.3) is 10.6 Å². The first-order chi connectivity index (χ1) is 7.61. The number of rotatable bonds is 2. The highest BCUT2D eigenvalue weighted by atomic mass is 79.9. The largest absolute Gasteiger partial charge is 0.326 e. The Bertz CT molecular complexity index is 525. The number of aryl methyl sites for hydroxylation is 1. The molecule has 0 aliphatic rings. The number of thiazole rings is 1. The van der Waals surface area contributed by atoms with Crippen LogP contribution in [0.1, 0.15) is 10.6 Å². The molecule has 2 nitrogen and oxygen atoms in total. The maximum Gasteiger partial charge on any atom is 0.134 e. The van der Waals surface area contributed by atoms with E-state index in [1.807, 2.05) is 6.92 Å². The minimum absolute atomic E-state index is 0.272. The molecule has 0 aliphatic heterocycles. The van der Waals surface area contributed by atoms with E-state index in [2.05, 4.69) is 20.9 Å². The highest BCUT2D eigenvalue weighted by Crippen LogP contribution is 2.30. The normalized spacial score (nSPS) is 10.8. The van der Waals surface area contributed by atoms with E-state index in [0.29, 0.717) is 17.1 Å². The van der Waals surface area contributed by atoms with Gasteiger partial charge in [-0.2, -0.15) is 0 Å². The molecule has 1 heterocycles. The second-order valence-electron chi connectivity index (χ2n) is 3.36. The van der Waals surface area contributed by atoms with Crippen LogP contribution in [0.4, 0.5) is 4.39 Å². The van der Waals surface area contributed by atoms with Crippen molar-refractivity contribution in [1.29, 1.82) is 0 Å². The molecule has 2 aromatic rings. The SMILES string of the molecule is Cc1nc(-c2ccc(Br)cc2F)sc1CN. The molecule has 2 N–H and O–H groups in total. The summed E-state index contributed by atoms with van der Waals surface area (Å²) in [6, 6.07) is 4.96. The molecule has 0 saturated heterocycles. The van der Waals surface area contributed by atoms with Gasteiger partial charge in [0.05, 0.1) is 5.69 Å². The molecule has 84 valence electrons. The van der Waals surface area contributed by atoms with Gasteiger partial charge >= 0.3 is 0 Å². The van der Waals surface area contributed by atoms with E-state index in [1.54, 1.807) is 12.1 Å². The summed E-state index contributed by atoms with van der Waals surface area (Å²) < 4.78 is 14.4. The fourth-order valence-corrected chi connectivity index (χ4v) is 2.70. The van der Waals surface area contributed by atoms with E-state index in [4.69, 9.17) is 5.73 Å². The summed E-state index contributed by atoms with van der Waals surface area (Å²) in [6.07, 6.45) is 0. The summed E-state index contributed by atoms with van der Waals surface area (Å²) in [7, 11) is 0. The predicted octanol–water partition coefficient (Wildman–Crippen LogP) is 3.48. The van der Waals surface area contributed by atoms with Gasteiger partial charge in [-0.3, -0.25) is 0 Å². The number of nitrogens with zero attached hydrogens (tertiary/aromatic N) is 1. The van der Waals surface area contributed by atoms with Crippen molar-refractivity contribution >= 4 is 27.3 Å². The van der Waals surface area contributed by atoms with E-state index >= 15 is 0 Å². The van der Waals surface area contributed by atoms with Crippen molar-refractivity contribution in [3.8, 4) is 10.6 Å². The van der Waals surface area contributed by atoms with Gasteiger partial charge in [-0.1, -0.05) is 15.9 Å². The number of hydrogen-bond donors (Lipinski definition) is 1. The topological polar surface area (TPSA) is 38.9 Å². The van der Waals surface area contributed by atoms with Crippen molar-refractivity contribution in [2.24, 2.45) is 5.73 Å². The number of aromatic nitrogens is 1. The van der Waals surface area contributed by atoms with Crippen LogP contribution in [0.5, 0.6) is 0 Å². The number of nitrogens with two attached hydrogens (primary N) is 1. The van der Waals surface area contributed by atoms with Crippen molar-refractivity contribution in [3.05, 3.63) is 39.1 Å². The van der Waals surface area contributed by atoms with Crippen molar-refractivity contribution < 1.29 is 4.39 Å². The average molecular weight is 301 g/mol. The Balaban J connectivity index is 2.50. The van der Waals surface area contributed by atoms with E-state index in [1.165, 1.54) is 17.4 Å². The molecule has 0 fully saturated rings. The molecular formula is C11H10BrFN2S. The number of halogens is 2. The summed E-state index contributed by atoms with van der Waals surface area (Å²) in [4.78, 5) is 5.32. The fourth-order valence-electron chi connectivity index (χ4n) is 1.40. The molecule has 5 heteroatoms. The molecule has 0 saturated carbocycles. The van der Waals surface area contributed by atoms with Crippen LogP contribution >= 0.6 is 27.3 Å². The highest BCUT2D eigenvalue weighted by Gasteiger charge is 2.12. The first kappa shape index (κ1) is 11.7. The third-order valence-electron chi connectivity index (χ3n) is 2.24. The second kappa shape index (κ2) is 4.61. The molecule has 0 unspecified atom stereocenters. The van der Waals surface area contributed by atoms with Crippen molar-refractivity contribution in [3.63, 3.8) is 0 Å². The number of benzene rings is 1. The fraction of sp³-hybridized carbons (Fsp3) is 0.182. The summed E-state index contributed by atoms with van der Waals surface area (Å²) in [5.41, 5.74) is 6.98. The molecule has 0 amide bonds. The summed E-state index contributed by atoms with van der Waals surface area (Å²) >= 11 is 4.67. The predicted molar refractivity (Wildman–Crippen MR) is 67.8 cm³/mol. The average Bonchev–Trinajstić information content (AvgIpc) is 2.59. The van der Waals surface area contributed by atoms with Crippen LogP contribution in [0.15, 0.2) is 22.7 Å². The standard InChI is InChI=1S/C11H10BrFN2S/c1-6-10(5-14)16-11(15-6)8-3-2-7(12)4-9(8)13/h2-4H,5,14H2,1H3. The molecular weight excluding hydrogens is 291 g/mol. The van der Waals surface area contributed by atoms with E-state index in [-0.39, 0.29) is 5.82 Å².